The van der Waals surface area contributed by atoms with Crippen LogP contribution >= 0.6 is 0 Å². The molecule has 5 heavy (non-hydrogen) atoms. The van der Waals surface area contributed by atoms with Gasteiger partial charge in [-0.05, 0) is 0 Å². The summed E-state index contributed by atoms with van der Waals surface area (Å²) in [6.07, 6.45) is 0.826. The van der Waals surface area contributed by atoms with E-state index in [1.807, 2.05) is 0 Å². The van der Waals surface area contributed by atoms with E-state index >= 15 is 0 Å². The average molecular weight is 92.9 g/mol. The van der Waals surface area contributed by atoms with Crippen molar-refractivity contribution in [3.8, 4) is 0 Å². The van der Waals surface area contributed by atoms with Crippen LogP contribution in [0.3, 0.4) is 0 Å². The molecule has 1 atom stereocenters. The molecule has 0 aromatic heterocycles. The maximum absolute atomic E-state index is 11.0. The Labute approximate surface area is 31.8 Å². The monoisotopic (exact) mass is 93.0 g/mol. The van der Waals surface area contributed by atoms with Crippen LogP contribution in [-0.4, -0.2) is 17.2 Å². The molecule has 0 amide bonds. The van der Waals surface area contributed by atoms with Gasteiger partial charge in [0.2, 0.25) is 0 Å². The Morgan fingerprint density at radius 3 is 2.00 bits per heavy atom. The summed E-state index contributed by atoms with van der Waals surface area (Å²) in [4.78, 5) is 0. The first-order valence-corrected chi connectivity index (χ1v) is 2.89. The van der Waals surface area contributed by atoms with Crippen LogP contribution in [0.25, 0.3) is 0 Å². The fraction of sp³-hybridized carbons (Fsp3) is 1.00. The first-order chi connectivity index (χ1) is 2.00. The van der Waals surface area contributed by atoms with Gasteiger partial charge in [0, 0.05) is 0 Å². The fourth-order valence-electron chi connectivity index (χ4n) is 0. The Morgan fingerprint density at radius 2 is 2.00 bits per heavy atom. The molecule has 0 N–H and O–H groups in total. The van der Waals surface area contributed by atoms with Crippen LogP contribution in [0.15, 0.2) is 0 Å². The molecule has 1 radical (unpaired) electrons. The van der Waals surface area contributed by atoms with Crippen molar-refractivity contribution in [3.63, 3.8) is 0 Å². The van der Waals surface area contributed by atoms with E-state index < -0.39 is 9.75 Å². The summed E-state index contributed by atoms with van der Waals surface area (Å²) in [5.74, 6) is 0. The predicted octanol–water partition coefficient (Wildman–Crippen LogP) is -0.131. The maximum atomic E-state index is 11.0. The molecule has 0 aromatic rings. The van der Waals surface area contributed by atoms with Gasteiger partial charge in [-0.25, -0.2) is 0 Å². The Balaban J connectivity index is 4.06. The van der Waals surface area contributed by atoms with E-state index in [0.29, 0.717) is 0 Å². The van der Waals surface area contributed by atoms with E-state index in [2.05, 4.69) is 6.72 Å². The van der Waals surface area contributed by atoms with E-state index in [1.54, 1.807) is 0 Å². The molecule has 0 aliphatic heterocycles. The minimum absolute atomic E-state index is 0.826. The Bertz CT molecular complexity index is 94.8. The van der Waals surface area contributed by atoms with E-state index in [0.717, 1.165) is 6.26 Å². The summed E-state index contributed by atoms with van der Waals surface area (Å²) in [7, 11) is -3.42. The molecule has 0 fully saturated rings. The fourth-order valence-corrected chi connectivity index (χ4v) is 0. The van der Waals surface area contributed by atoms with Gasteiger partial charge in [-0.15, -0.1) is 0 Å². The zero-order valence-electron chi connectivity index (χ0n) is 2.77. The van der Waals surface area contributed by atoms with Crippen LogP contribution < -0.4 is 0 Å². The second-order valence-corrected chi connectivity index (χ2v) is 2.41. The van der Waals surface area contributed by atoms with Crippen molar-refractivity contribution in [2.75, 3.05) is 6.26 Å². The molecule has 0 aliphatic carbocycles. The molecule has 0 heterocycles. The Kier molecular flexibility index (Phi) is 1.12. The normalized spacial score (nSPS) is 21.0. The molecule has 4 heteroatoms. The van der Waals surface area contributed by atoms with Gasteiger partial charge in [0.25, 0.3) is 0 Å². The first-order valence-electron chi connectivity index (χ1n) is 0.965. The van der Waals surface area contributed by atoms with Crippen LogP contribution in [0.1, 0.15) is 0 Å². The van der Waals surface area contributed by atoms with E-state index in [-0.39, 0.29) is 0 Å². The van der Waals surface area contributed by atoms with Crippen molar-refractivity contribution in [2.45, 2.75) is 0 Å². The van der Waals surface area contributed by atoms with Gasteiger partial charge < -0.3 is 0 Å². The quantitative estimate of drug-likeness (QED) is 0.301. The molecule has 0 aliphatic rings. The third-order valence-electron chi connectivity index (χ3n) is 0. The van der Waals surface area contributed by atoms with Gasteiger partial charge in [-0.1, -0.05) is 0 Å². The van der Waals surface area contributed by atoms with Crippen molar-refractivity contribution in [3.05, 3.63) is 0 Å². The van der Waals surface area contributed by atoms with E-state index in [4.69, 9.17) is 0 Å². The molecule has 0 rings (SSSR count). The summed E-state index contributed by atoms with van der Waals surface area (Å²) < 4.78 is 20.3. The average Bonchev–Trinajstić information content (AvgIpc) is 0.722. The van der Waals surface area contributed by atoms with Crippen molar-refractivity contribution < 1.29 is 8.09 Å². The number of rotatable bonds is 0. The van der Waals surface area contributed by atoms with Crippen LogP contribution in [0.2, 0.25) is 0 Å². The zero-order chi connectivity index (χ0) is 4.50. The summed E-state index contributed by atoms with van der Waals surface area (Å²) in [5.41, 5.74) is 0. The van der Waals surface area contributed by atoms with Gasteiger partial charge in [0.05, 0.1) is 0 Å². The van der Waals surface area contributed by atoms with Crippen molar-refractivity contribution in [2.24, 2.45) is 0 Å². The summed E-state index contributed by atoms with van der Waals surface area (Å²) in [6.45, 7) is 4.22. The standard InChI is InChI=1S/CH3BFOS/c1-5(2,3)4/h1H3. The van der Waals surface area contributed by atoms with Crippen LogP contribution in [0, 0.1) is 0 Å². The van der Waals surface area contributed by atoms with Crippen LogP contribution in [0.4, 0.5) is 3.89 Å². The minimum atomic E-state index is -3.42. The van der Waals surface area contributed by atoms with Gasteiger partial charge in [0.1, 0.15) is 0 Å². The topological polar surface area (TPSA) is 17.1 Å². The van der Waals surface area contributed by atoms with Crippen molar-refractivity contribution >= 4 is 16.5 Å². The summed E-state index contributed by atoms with van der Waals surface area (Å²) in [6, 6.07) is 0. The van der Waals surface area contributed by atoms with Gasteiger partial charge in [0.15, 0.2) is 0 Å². The molecular formula is CH3BFOS. The van der Waals surface area contributed by atoms with Gasteiger partial charge in [-0.3, -0.25) is 0 Å². The molecule has 0 bridgehead atoms. The summed E-state index contributed by atoms with van der Waals surface area (Å²) >= 11 is 0. The van der Waals surface area contributed by atoms with Gasteiger partial charge in [-0.2, -0.15) is 0 Å². The molecule has 29 valence electrons. The van der Waals surface area contributed by atoms with Crippen molar-refractivity contribution in [1.29, 1.82) is 0 Å². The number of hydrogen-bond donors (Lipinski definition) is 0. The third-order valence-corrected chi connectivity index (χ3v) is 0. The molecule has 0 saturated carbocycles. The Morgan fingerprint density at radius 1 is 2.00 bits per heavy atom. The van der Waals surface area contributed by atoms with E-state index in [9.17, 15) is 8.09 Å². The van der Waals surface area contributed by atoms with Gasteiger partial charge >= 0.3 is 30.8 Å². The Hall–Kier alpha value is 0.145. The molecule has 0 spiro atoms. The second kappa shape index (κ2) is 1.09. The van der Waals surface area contributed by atoms with Crippen molar-refractivity contribution in [1.82, 2.24) is 0 Å². The zero-order valence-corrected chi connectivity index (χ0v) is 3.59. The van der Waals surface area contributed by atoms with Crippen LogP contribution in [0.5, 0.6) is 0 Å². The SMILES string of the molecule is [B]=S(C)(=O)F. The molecular weight excluding hydrogens is 89.9 g/mol. The van der Waals surface area contributed by atoms with E-state index in [1.165, 1.54) is 0 Å². The van der Waals surface area contributed by atoms with Crippen LogP contribution in [-0.2, 0) is 9.75 Å². The molecule has 1 unspecified atom stereocenters. The second-order valence-electron chi connectivity index (χ2n) is 0.805. The summed E-state index contributed by atoms with van der Waals surface area (Å²) in [5, 5.41) is 0. The molecule has 1 nitrogen and oxygen atoms in total. The molecule has 0 aromatic carbocycles. The number of hydrogen-bond acceptors (Lipinski definition) is 1. The predicted molar refractivity (Wildman–Crippen MR) is 20.9 cm³/mol. The third kappa shape index (κ3) is 908. The first kappa shape index (κ1) is 5.14. The number of halogens is 1. The molecule has 0 saturated heterocycles.